The average molecular weight is 510 g/mol. The van der Waals surface area contributed by atoms with Gasteiger partial charge < -0.3 is 14.4 Å². The third-order valence-corrected chi connectivity index (χ3v) is 7.24. The number of hydrogen-bond donors (Lipinski definition) is 0. The summed E-state index contributed by atoms with van der Waals surface area (Å²) in [7, 11) is 1.30. The minimum atomic E-state index is -0.694. The molecule has 0 spiro atoms. The lowest BCUT2D eigenvalue weighted by Gasteiger charge is -2.44. The molecule has 9 heteroatoms. The predicted molar refractivity (Wildman–Crippen MR) is 120 cm³/mol. The Hall–Kier alpha value is -2.13. The van der Waals surface area contributed by atoms with Crippen molar-refractivity contribution >= 4 is 51.3 Å². The fraction of sp³-hybridized carbons (Fsp3) is 0.455. The van der Waals surface area contributed by atoms with Gasteiger partial charge in [0.2, 0.25) is 5.91 Å². The first-order chi connectivity index (χ1) is 14.9. The number of benzene rings is 1. The Labute approximate surface area is 193 Å². The number of allylic oxidation sites excluding steroid dienone is 1. The van der Waals surface area contributed by atoms with Gasteiger partial charge in [-0.15, -0.1) is 0 Å². The molecule has 2 aliphatic rings. The molecule has 2 unspecified atom stereocenters. The second kappa shape index (κ2) is 10.5. The highest BCUT2D eigenvalue weighted by Gasteiger charge is 2.59. The molecule has 1 aromatic rings. The van der Waals surface area contributed by atoms with Crippen molar-refractivity contribution < 1.29 is 28.7 Å². The van der Waals surface area contributed by atoms with Crippen LogP contribution in [0.3, 0.4) is 0 Å². The Morgan fingerprint density at radius 3 is 2.61 bits per heavy atom. The smallest absolute Gasteiger partial charge is 0.330 e. The molecule has 0 N–H and O–H groups in total. The Morgan fingerprint density at radius 1 is 1.26 bits per heavy atom. The topological polar surface area (TPSA) is 90.0 Å². The van der Waals surface area contributed by atoms with Crippen LogP contribution in [-0.4, -0.2) is 65.3 Å². The molecule has 4 atom stereocenters. The van der Waals surface area contributed by atoms with Gasteiger partial charge in [-0.25, -0.2) is 9.59 Å². The second-order valence-corrected chi connectivity index (χ2v) is 9.72. The fourth-order valence-corrected chi connectivity index (χ4v) is 5.47. The van der Waals surface area contributed by atoms with Gasteiger partial charge in [0, 0.05) is 27.4 Å². The Bertz CT molecular complexity index is 886. The van der Waals surface area contributed by atoms with E-state index in [1.54, 1.807) is 47.0 Å². The highest BCUT2D eigenvalue weighted by molar-refractivity contribution is 9.10. The zero-order chi connectivity index (χ0) is 22.5. The molecule has 2 aliphatic heterocycles. The minimum Gasteiger partial charge on any atom is -0.466 e. The highest BCUT2D eigenvalue weighted by atomic mass is 79.9. The van der Waals surface area contributed by atoms with Gasteiger partial charge in [0.1, 0.15) is 6.04 Å². The van der Waals surface area contributed by atoms with Crippen LogP contribution in [0.1, 0.15) is 30.1 Å². The van der Waals surface area contributed by atoms with E-state index >= 15 is 0 Å². The van der Waals surface area contributed by atoms with Crippen molar-refractivity contribution in [1.29, 1.82) is 0 Å². The van der Waals surface area contributed by atoms with Crippen molar-refractivity contribution in [3.8, 4) is 0 Å². The number of halogens is 1. The van der Waals surface area contributed by atoms with E-state index < -0.39 is 18.0 Å². The van der Waals surface area contributed by atoms with Crippen LogP contribution in [0.2, 0.25) is 0 Å². The third kappa shape index (κ3) is 5.20. The van der Waals surface area contributed by atoms with Crippen LogP contribution in [0.25, 0.3) is 0 Å². The molecule has 7 nitrogen and oxygen atoms in total. The van der Waals surface area contributed by atoms with Crippen molar-refractivity contribution in [2.24, 2.45) is 5.92 Å². The molecule has 2 heterocycles. The molecule has 31 heavy (non-hydrogen) atoms. The molecule has 3 rings (SSSR count). The lowest BCUT2D eigenvalue weighted by Crippen LogP contribution is -2.62. The number of Topliss-reactive ketones (excluding diaryl/α,β-unsaturated/α-hetero) is 1. The van der Waals surface area contributed by atoms with E-state index in [4.69, 9.17) is 4.74 Å². The number of thioether (sulfide) groups is 1. The zero-order valence-corrected chi connectivity index (χ0v) is 19.7. The van der Waals surface area contributed by atoms with Gasteiger partial charge in [-0.1, -0.05) is 41.1 Å². The fourth-order valence-electron chi connectivity index (χ4n) is 4.02. The maximum absolute atomic E-state index is 12.8. The first kappa shape index (κ1) is 23.5. The Morgan fingerprint density at radius 2 is 1.97 bits per heavy atom. The van der Waals surface area contributed by atoms with Crippen LogP contribution < -0.4 is 0 Å². The quantitative estimate of drug-likeness (QED) is 0.218. The molecule has 2 saturated heterocycles. The van der Waals surface area contributed by atoms with E-state index in [0.717, 1.165) is 10.2 Å². The SMILES string of the molecule is CCS[C@@H]1CC2C(C/C=C/C(=O)OC)C(=O)N2[C@H]1C(=O)OCC(=O)c1ccc(Br)cc1. The highest BCUT2D eigenvalue weighted by Crippen LogP contribution is 2.45. The predicted octanol–water partition coefficient (Wildman–Crippen LogP) is 3.02. The average Bonchev–Trinajstić information content (AvgIpc) is 3.10. The second-order valence-electron chi connectivity index (χ2n) is 7.29. The van der Waals surface area contributed by atoms with Crippen molar-refractivity contribution in [3.05, 3.63) is 46.5 Å². The molecule has 2 fully saturated rings. The van der Waals surface area contributed by atoms with Gasteiger partial charge in [0.05, 0.1) is 13.0 Å². The van der Waals surface area contributed by atoms with Crippen molar-refractivity contribution in [2.75, 3.05) is 19.5 Å². The maximum atomic E-state index is 12.8. The molecular formula is C22H24BrNO6S. The van der Waals surface area contributed by atoms with Crippen LogP contribution in [0.4, 0.5) is 0 Å². The summed E-state index contributed by atoms with van der Waals surface area (Å²) in [6, 6.07) is 6.05. The summed E-state index contributed by atoms with van der Waals surface area (Å²) in [5, 5.41) is -0.0798. The summed E-state index contributed by atoms with van der Waals surface area (Å²) in [4.78, 5) is 50.7. The van der Waals surface area contributed by atoms with E-state index in [0.29, 0.717) is 18.4 Å². The molecular weight excluding hydrogens is 486 g/mol. The summed E-state index contributed by atoms with van der Waals surface area (Å²) < 4.78 is 10.7. The summed E-state index contributed by atoms with van der Waals surface area (Å²) in [5.41, 5.74) is 0.456. The van der Waals surface area contributed by atoms with Crippen LogP contribution in [-0.2, 0) is 23.9 Å². The number of β-lactam (4-membered cyclic amide) rings is 1. The number of ketones is 1. The molecule has 0 saturated carbocycles. The summed E-state index contributed by atoms with van der Waals surface area (Å²) >= 11 is 4.93. The summed E-state index contributed by atoms with van der Waals surface area (Å²) in [6.45, 7) is 1.64. The van der Waals surface area contributed by atoms with E-state index in [2.05, 4.69) is 20.7 Å². The van der Waals surface area contributed by atoms with Crippen molar-refractivity contribution in [2.45, 2.75) is 37.1 Å². The van der Waals surface area contributed by atoms with Gasteiger partial charge in [-0.05, 0) is 30.7 Å². The number of carbonyl (C=O) groups excluding carboxylic acids is 4. The van der Waals surface area contributed by atoms with E-state index in [1.807, 2.05) is 6.92 Å². The number of amides is 1. The lowest BCUT2D eigenvalue weighted by molar-refractivity contribution is -0.165. The van der Waals surface area contributed by atoms with Gasteiger partial charge in [0.15, 0.2) is 12.4 Å². The van der Waals surface area contributed by atoms with Crippen LogP contribution in [0, 0.1) is 5.92 Å². The number of rotatable bonds is 9. The molecule has 0 aliphatic carbocycles. The first-order valence-corrected chi connectivity index (χ1v) is 11.8. The van der Waals surface area contributed by atoms with E-state index in [1.165, 1.54) is 13.2 Å². The van der Waals surface area contributed by atoms with Crippen molar-refractivity contribution in [3.63, 3.8) is 0 Å². The molecule has 1 amide bonds. The van der Waals surface area contributed by atoms with Crippen molar-refractivity contribution in [1.82, 2.24) is 4.90 Å². The molecule has 166 valence electrons. The van der Waals surface area contributed by atoms with E-state index in [9.17, 15) is 19.2 Å². The number of esters is 2. The molecule has 0 aromatic heterocycles. The number of fused-ring (bicyclic) bond motifs is 1. The van der Waals surface area contributed by atoms with Crippen LogP contribution in [0.5, 0.6) is 0 Å². The number of ether oxygens (including phenoxy) is 2. The molecule has 0 radical (unpaired) electrons. The van der Waals surface area contributed by atoms with Gasteiger partial charge >= 0.3 is 11.9 Å². The standard InChI is InChI=1S/C22H24BrNO6S/c1-3-31-18-11-16-15(5-4-6-19(26)29-2)21(27)24(16)20(18)22(28)30-12-17(25)13-7-9-14(23)10-8-13/h4,6-10,15-16,18,20H,3,5,11-12H2,1-2H3/b6-4+/t15?,16?,18-,20-/m1/s1. The van der Waals surface area contributed by atoms with Crippen LogP contribution in [0.15, 0.2) is 40.9 Å². The van der Waals surface area contributed by atoms with Gasteiger partial charge in [-0.3, -0.25) is 9.59 Å². The number of hydrogen-bond acceptors (Lipinski definition) is 7. The Kier molecular flexibility index (Phi) is 7.94. The normalized spacial score (nSPS) is 24.6. The monoisotopic (exact) mass is 509 g/mol. The lowest BCUT2D eigenvalue weighted by atomic mass is 9.85. The number of carbonyl (C=O) groups is 4. The summed E-state index contributed by atoms with van der Waals surface area (Å²) in [5.74, 6) is -0.894. The third-order valence-electron chi connectivity index (χ3n) is 5.50. The van der Waals surface area contributed by atoms with Gasteiger partial charge in [-0.2, -0.15) is 11.8 Å². The summed E-state index contributed by atoms with van der Waals surface area (Å²) in [6.07, 6.45) is 4.04. The van der Waals surface area contributed by atoms with Gasteiger partial charge in [0.25, 0.3) is 0 Å². The minimum absolute atomic E-state index is 0.0708. The number of methoxy groups -OCH3 is 1. The maximum Gasteiger partial charge on any atom is 0.330 e. The first-order valence-electron chi connectivity index (χ1n) is 10.0. The number of nitrogens with zero attached hydrogens (tertiary/aromatic N) is 1. The Balaban J connectivity index is 1.62. The largest absolute Gasteiger partial charge is 0.466 e. The van der Waals surface area contributed by atoms with E-state index in [-0.39, 0.29) is 35.5 Å². The molecule has 0 bridgehead atoms. The zero-order valence-electron chi connectivity index (χ0n) is 17.3. The molecule has 1 aromatic carbocycles. The van der Waals surface area contributed by atoms with Crippen LogP contribution >= 0.6 is 27.7 Å².